The van der Waals surface area contributed by atoms with Crippen molar-refractivity contribution in [2.75, 3.05) is 13.1 Å². The summed E-state index contributed by atoms with van der Waals surface area (Å²) >= 11 is 0. The van der Waals surface area contributed by atoms with Crippen LogP contribution in [0.1, 0.15) is 36.2 Å². The highest BCUT2D eigenvalue weighted by molar-refractivity contribution is 6.10. The fourth-order valence-electron chi connectivity index (χ4n) is 4.63. The highest BCUT2D eigenvalue weighted by Crippen LogP contribution is 2.27. The van der Waals surface area contributed by atoms with Crippen molar-refractivity contribution in [2.24, 2.45) is 0 Å². The van der Waals surface area contributed by atoms with Crippen LogP contribution in [0.25, 0.3) is 21.9 Å². The molecule has 6 heteroatoms. The minimum absolute atomic E-state index is 0.0485. The van der Waals surface area contributed by atoms with Gasteiger partial charge in [-0.1, -0.05) is 30.3 Å². The number of piperidine rings is 1. The number of aromatic nitrogens is 3. The number of carbonyl (C=O) groups excluding carboxylic acids is 1. The Hall–Kier alpha value is -3.12. The van der Waals surface area contributed by atoms with E-state index < -0.39 is 0 Å². The third-order valence-corrected chi connectivity index (χ3v) is 6.27. The second-order valence-electron chi connectivity index (χ2n) is 7.87. The number of nitrogens with one attached hydrogen (secondary N) is 2. The lowest BCUT2D eigenvalue weighted by Gasteiger charge is -2.35. The van der Waals surface area contributed by atoms with Gasteiger partial charge >= 0.3 is 5.69 Å². The van der Waals surface area contributed by atoms with E-state index in [2.05, 4.69) is 14.9 Å². The Morgan fingerprint density at radius 1 is 1.03 bits per heavy atom. The average Bonchev–Trinajstić information content (AvgIpc) is 3.33. The smallest absolute Gasteiger partial charge is 0.326 e. The number of fused-ring (bicyclic) bond motifs is 2. The summed E-state index contributed by atoms with van der Waals surface area (Å²) in [5.41, 5.74) is 3.53. The maximum absolute atomic E-state index is 13.1. The van der Waals surface area contributed by atoms with Gasteiger partial charge in [0.25, 0.3) is 0 Å². The number of para-hydroxylation sites is 3. The van der Waals surface area contributed by atoms with Crippen LogP contribution in [0, 0.1) is 0 Å². The molecule has 0 unspecified atom stereocenters. The van der Waals surface area contributed by atoms with Crippen molar-refractivity contribution in [1.29, 1.82) is 0 Å². The third kappa shape index (κ3) is 3.00. The van der Waals surface area contributed by atoms with E-state index in [-0.39, 0.29) is 23.6 Å². The molecule has 1 atom stereocenters. The number of imidazole rings is 1. The molecule has 2 aromatic carbocycles. The van der Waals surface area contributed by atoms with Gasteiger partial charge in [0, 0.05) is 41.8 Å². The molecular formula is C23H24N4O2. The monoisotopic (exact) mass is 388 g/mol. The highest BCUT2D eigenvalue weighted by atomic mass is 16.1. The van der Waals surface area contributed by atoms with E-state index in [4.69, 9.17) is 0 Å². The number of H-pyrrole nitrogens is 2. The highest BCUT2D eigenvalue weighted by Gasteiger charge is 2.30. The van der Waals surface area contributed by atoms with E-state index in [1.807, 2.05) is 66.2 Å². The van der Waals surface area contributed by atoms with E-state index in [1.165, 1.54) is 0 Å². The first-order valence-electron chi connectivity index (χ1n) is 10.2. The van der Waals surface area contributed by atoms with Crippen LogP contribution >= 0.6 is 0 Å². The van der Waals surface area contributed by atoms with Crippen LogP contribution < -0.4 is 5.69 Å². The van der Waals surface area contributed by atoms with E-state index in [0.717, 1.165) is 53.4 Å². The molecular weight excluding hydrogens is 364 g/mol. The largest absolute Gasteiger partial charge is 0.360 e. The maximum Gasteiger partial charge on any atom is 0.326 e. The van der Waals surface area contributed by atoms with Crippen molar-refractivity contribution >= 4 is 27.7 Å². The van der Waals surface area contributed by atoms with Crippen molar-refractivity contribution in [1.82, 2.24) is 19.4 Å². The normalized spacial score (nSPS) is 17.1. The lowest BCUT2D eigenvalue weighted by Crippen LogP contribution is -2.45. The Morgan fingerprint density at radius 2 is 1.72 bits per heavy atom. The van der Waals surface area contributed by atoms with Crippen LogP contribution in [-0.2, 0) is 0 Å². The summed E-state index contributed by atoms with van der Waals surface area (Å²) < 4.78 is 1.89. The van der Waals surface area contributed by atoms with Crippen molar-refractivity contribution < 1.29 is 4.79 Å². The molecule has 0 radical (unpaired) electrons. The molecule has 4 aromatic rings. The zero-order chi connectivity index (χ0) is 20.0. The van der Waals surface area contributed by atoms with E-state index >= 15 is 0 Å². The summed E-state index contributed by atoms with van der Waals surface area (Å²) in [4.78, 5) is 34.0. The van der Waals surface area contributed by atoms with Crippen LogP contribution in [0.15, 0.2) is 59.5 Å². The second kappa shape index (κ2) is 7.04. The zero-order valence-corrected chi connectivity index (χ0v) is 16.4. The van der Waals surface area contributed by atoms with Crippen LogP contribution in [-0.4, -0.2) is 44.3 Å². The van der Waals surface area contributed by atoms with Crippen molar-refractivity contribution in [3.8, 4) is 0 Å². The Labute approximate surface area is 168 Å². The molecule has 2 N–H and O–H groups in total. The van der Waals surface area contributed by atoms with Crippen LogP contribution in [0.3, 0.4) is 0 Å². The summed E-state index contributed by atoms with van der Waals surface area (Å²) in [6, 6.07) is 15.7. The lowest BCUT2D eigenvalue weighted by atomic mass is 9.98. The van der Waals surface area contributed by atoms with Gasteiger partial charge in [-0.15, -0.1) is 0 Å². The number of likely N-dealkylation sites (tertiary alicyclic amines) is 1. The van der Waals surface area contributed by atoms with Crippen LogP contribution in [0.2, 0.25) is 0 Å². The first-order valence-corrected chi connectivity index (χ1v) is 10.2. The summed E-state index contributed by atoms with van der Waals surface area (Å²) in [5.74, 6) is 0.144. The molecule has 148 valence electrons. The van der Waals surface area contributed by atoms with Gasteiger partial charge in [-0.3, -0.25) is 14.3 Å². The van der Waals surface area contributed by atoms with Gasteiger partial charge in [-0.25, -0.2) is 4.79 Å². The summed E-state index contributed by atoms with van der Waals surface area (Å²) in [5, 5.41) is 0.976. The number of carbonyl (C=O) groups is 1. The number of rotatable bonds is 4. The van der Waals surface area contributed by atoms with E-state index in [1.54, 1.807) is 0 Å². The maximum atomic E-state index is 13.1. The van der Waals surface area contributed by atoms with Gasteiger partial charge < -0.3 is 9.97 Å². The van der Waals surface area contributed by atoms with Crippen LogP contribution in [0.4, 0.5) is 0 Å². The third-order valence-electron chi connectivity index (χ3n) is 6.27. The zero-order valence-electron chi connectivity index (χ0n) is 16.4. The molecule has 1 aliphatic rings. The number of hydrogen-bond donors (Lipinski definition) is 2. The summed E-state index contributed by atoms with van der Waals surface area (Å²) in [6.45, 7) is 3.58. The van der Waals surface area contributed by atoms with Gasteiger partial charge in [0.05, 0.1) is 17.1 Å². The molecule has 0 bridgehead atoms. The van der Waals surface area contributed by atoms with Gasteiger partial charge in [0.2, 0.25) is 0 Å². The molecule has 1 aliphatic heterocycles. The molecule has 1 saturated heterocycles. The number of ketones is 1. The first-order chi connectivity index (χ1) is 14.1. The number of Topliss-reactive ketones (excluding diaryl/α,β-unsaturated/α-hetero) is 1. The second-order valence-corrected chi connectivity index (χ2v) is 7.87. The standard InChI is InChI=1S/C23H24N4O2/c1-15(22(28)18-14-24-19-7-3-2-6-17(18)19)26-12-10-16(11-13-26)27-21-9-5-4-8-20(21)25-23(27)29/h2-9,14-16,24H,10-13H2,1H3,(H,25,29)/t15-/m0/s1. The summed E-state index contributed by atoms with van der Waals surface area (Å²) in [7, 11) is 0. The van der Waals surface area contributed by atoms with E-state index in [0.29, 0.717) is 0 Å². The first kappa shape index (κ1) is 17.9. The number of aromatic amines is 2. The molecule has 6 nitrogen and oxygen atoms in total. The molecule has 1 fully saturated rings. The molecule has 0 amide bonds. The number of nitrogens with zero attached hydrogens (tertiary/aromatic N) is 2. The molecule has 0 spiro atoms. The number of hydrogen-bond acceptors (Lipinski definition) is 3. The summed E-state index contributed by atoms with van der Waals surface area (Å²) in [6.07, 6.45) is 3.53. The van der Waals surface area contributed by atoms with Crippen molar-refractivity contribution in [2.45, 2.75) is 31.8 Å². The minimum atomic E-state index is -0.185. The molecule has 2 aromatic heterocycles. The molecule has 29 heavy (non-hydrogen) atoms. The minimum Gasteiger partial charge on any atom is -0.360 e. The van der Waals surface area contributed by atoms with Crippen molar-refractivity contribution in [3.63, 3.8) is 0 Å². The van der Waals surface area contributed by atoms with Crippen molar-refractivity contribution in [3.05, 3.63) is 70.8 Å². The SMILES string of the molecule is C[C@@H](C(=O)c1c[nH]c2ccccc12)N1CCC(n2c(=O)[nH]c3ccccc32)CC1. The average molecular weight is 388 g/mol. The van der Waals surface area contributed by atoms with E-state index in [9.17, 15) is 9.59 Å². The van der Waals surface area contributed by atoms with Gasteiger partial charge in [0.15, 0.2) is 5.78 Å². The predicted molar refractivity (Wildman–Crippen MR) is 114 cm³/mol. The topological polar surface area (TPSA) is 73.9 Å². The Balaban J connectivity index is 1.33. The molecule has 0 saturated carbocycles. The quantitative estimate of drug-likeness (QED) is 0.523. The lowest BCUT2D eigenvalue weighted by molar-refractivity contribution is 0.0777. The number of benzene rings is 2. The Kier molecular flexibility index (Phi) is 4.36. The molecule has 0 aliphatic carbocycles. The molecule has 3 heterocycles. The Bertz CT molecular complexity index is 1240. The molecule has 5 rings (SSSR count). The Morgan fingerprint density at radius 3 is 2.52 bits per heavy atom. The fourth-order valence-corrected chi connectivity index (χ4v) is 4.63. The van der Waals surface area contributed by atoms with Gasteiger partial charge in [0.1, 0.15) is 0 Å². The van der Waals surface area contributed by atoms with Gasteiger partial charge in [-0.05, 0) is 38.0 Å². The van der Waals surface area contributed by atoms with Gasteiger partial charge in [-0.2, -0.15) is 0 Å². The predicted octanol–water partition coefficient (Wildman–Crippen LogP) is 3.72. The fraction of sp³-hybridized carbons (Fsp3) is 0.304. The van der Waals surface area contributed by atoms with Crippen LogP contribution in [0.5, 0.6) is 0 Å².